The molecule has 3 N–H and O–H groups in total. The second-order valence-corrected chi connectivity index (χ2v) is 6.44. The molecule has 0 spiro atoms. The standard InChI is InChI=1S/C13H21N5O3/c1-8-4-9(6-13(2,3)5-8)21-11-10(18(19)20)7-15-12(16-11)17-14/h7-9H,4-6,14H2,1-3H3,(H,15,16,17). The maximum atomic E-state index is 11.0. The van der Waals surface area contributed by atoms with Gasteiger partial charge in [0.15, 0.2) is 0 Å². The summed E-state index contributed by atoms with van der Waals surface area (Å²) < 4.78 is 5.81. The van der Waals surface area contributed by atoms with Crippen molar-refractivity contribution in [1.29, 1.82) is 0 Å². The van der Waals surface area contributed by atoms with E-state index in [9.17, 15) is 10.1 Å². The monoisotopic (exact) mass is 295 g/mol. The predicted octanol–water partition coefficient (Wildman–Crippen LogP) is 2.26. The van der Waals surface area contributed by atoms with Crippen molar-refractivity contribution in [2.24, 2.45) is 17.2 Å². The largest absolute Gasteiger partial charge is 0.469 e. The van der Waals surface area contributed by atoms with Gasteiger partial charge in [0.2, 0.25) is 5.95 Å². The van der Waals surface area contributed by atoms with Crippen molar-refractivity contribution in [3.8, 4) is 5.88 Å². The van der Waals surface area contributed by atoms with Crippen LogP contribution in [0.25, 0.3) is 0 Å². The summed E-state index contributed by atoms with van der Waals surface area (Å²) >= 11 is 0. The van der Waals surface area contributed by atoms with E-state index in [1.54, 1.807) is 0 Å². The van der Waals surface area contributed by atoms with Gasteiger partial charge in [0.05, 0.1) is 4.92 Å². The Morgan fingerprint density at radius 1 is 1.52 bits per heavy atom. The minimum Gasteiger partial charge on any atom is -0.469 e. The molecular formula is C13H21N5O3. The molecule has 2 rings (SSSR count). The number of nitrogen functional groups attached to an aromatic ring is 1. The Kier molecular flexibility index (Phi) is 4.26. The number of hydrogen-bond donors (Lipinski definition) is 2. The van der Waals surface area contributed by atoms with Gasteiger partial charge in [-0.2, -0.15) is 4.98 Å². The van der Waals surface area contributed by atoms with Crippen molar-refractivity contribution < 1.29 is 9.66 Å². The Morgan fingerprint density at radius 3 is 2.81 bits per heavy atom. The molecule has 2 atom stereocenters. The number of nitro groups is 1. The van der Waals surface area contributed by atoms with Crippen LogP contribution in [-0.2, 0) is 0 Å². The van der Waals surface area contributed by atoms with Gasteiger partial charge in [0.25, 0.3) is 5.88 Å². The average Bonchev–Trinajstić information content (AvgIpc) is 2.35. The highest BCUT2D eigenvalue weighted by Crippen LogP contribution is 2.40. The normalized spacial score (nSPS) is 24.4. The van der Waals surface area contributed by atoms with Crippen LogP contribution in [0.4, 0.5) is 11.6 Å². The number of anilines is 1. The van der Waals surface area contributed by atoms with Gasteiger partial charge in [-0.05, 0) is 30.6 Å². The van der Waals surface area contributed by atoms with Gasteiger partial charge in [0.1, 0.15) is 12.3 Å². The molecule has 8 nitrogen and oxygen atoms in total. The number of nitrogens with one attached hydrogen (secondary N) is 1. The van der Waals surface area contributed by atoms with E-state index in [0.717, 1.165) is 25.5 Å². The number of nitrogens with two attached hydrogens (primary N) is 1. The molecule has 1 saturated carbocycles. The van der Waals surface area contributed by atoms with Crippen molar-refractivity contribution in [3.05, 3.63) is 16.3 Å². The lowest BCUT2D eigenvalue weighted by Gasteiger charge is -2.38. The summed E-state index contributed by atoms with van der Waals surface area (Å²) in [7, 11) is 0. The van der Waals surface area contributed by atoms with Crippen molar-refractivity contribution in [3.63, 3.8) is 0 Å². The average molecular weight is 295 g/mol. The van der Waals surface area contributed by atoms with Crippen LogP contribution in [0.1, 0.15) is 40.0 Å². The molecular weight excluding hydrogens is 274 g/mol. The molecule has 1 aromatic rings. The number of nitrogens with zero attached hydrogens (tertiary/aromatic N) is 3. The smallest absolute Gasteiger partial charge is 0.349 e. The van der Waals surface area contributed by atoms with Crippen LogP contribution in [0.15, 0.2) is 6.20 Å². The first-order valence-corrected chi connectivity index (χ1v) is 6.95. The topological polar surface area (TPSA) is 116 Å². The van der Waals surface area contributed by atoms with Crippen LogP contribution in [0.2, 0.25) is 0 Å². The summed E-state index contributed by atoms with van der Waals surface area (Å²) in [5.41, 5.74) is 2.18. The molecule has 1 fully saturated rings. The van der Waals surface area contributed by atoms with E-state index in [0.29, 0.717) is 5.92 Å². The van der Waals surface area contributed by atoms with Crippen molar-refractivity contribution in [1.82, 2.24) is 9.97 Å². The molecule has 116 valence electrons. The van der Waals surface area contributed by atoms with Crippen LogP contribution < -0.4 is 16.0 Å². The van der Waals surface area contributed by atoms with Gasteiger partial charge in [0, 0.05) is 0 Å². The summed E-state index contributed by atoms with van der Waals surface area (Å²) in [6.07, 6.45) is 3.83. The first-order valence-electron chi connectivity index (χ1n) is 6.95. The lowest BCUT2D eigenvalue weighted by molar-refractivity contribution is -0.386. The van der Waals surface area contributed by atoms with Gasteiger partial charge < -0.3 is 4.74 Å². The predicted molar refractivity (Wildman–Crippen MR) is 77.7 cm³/mol. The maximum absolute atomic E-state index is 11.0. The van der Waals surface area contributed by atoms with E-state index in [1.807, 2.05) is 0 Å². The number of rotatable bonds is 4. The summed E-state index contributed by atoms with van der Waals surface area (Å²) in [6.45, 7) is 6.53. The van der Waals surface area contributed by atoms with Crippen LogP contribution in [-0.4, -0.2) is 21.0 Å². The fourth-order valence-electron chi connectivity index (χ4n) is 3.15. The second kappa shape index (κ2) is 5.80. The highest BCUT2D eigenvalue weighted by atomic mass is 16.6. The second-order valence-electron chi connectivity index (χ2n) is 6.44. The number of hydrogen-bond acceptors (Lipinski definition) is 7. The fourth-order valence-corrected chi connectivity index (χ4v) is 3.15. The molecule has 0 saturated heterocycles. The molecule has 1 aromatic heterocycles. The van der Waals surface area contributed by atoms with Crippen LogP contribution in [0.5, 0.6) is 5.88 Å². The zero-order chi connectivity index (χ0) is 15.6. The molecule has 0 aliphatic heterocycles. The Morgan fingerprint density at radius 2 is 2.24 bits per heavy atom. The summed E-state index contributed by atoms with van der Waals surface area (Å²) in [6, 6.07) is 0. The van der Waals surface area contributed by atoms with Crippen LogP contribution >= 0.6 is 0 Å². The lowest BCUT2D eigenvalue weighted by atomic mass is 9.71. The first kappa shape index (κ1) is 15.4. The van der Waals surface area contributed by atoms with Gasteiger partial charge in [-0.25, -0.2) is 10.8 Å². The Balaban J connectivity index is 2.23. The van der Waals surface area contributed by atoms with E-state index in [1.165, 1.54) is 0 Å². The number of ether oxygens (including phenoxy) is 1. The zero-order valence-electron chi connectivity index (χ0n) is 12.5. The first-order chi connectivity index (χ1) is 9.80. The number of aromatic nitrogens is 2. The molecule has 0 amide bonds. The minimum absolute atomic E-state index is 0.0298. The third-order valence-electron chi connectivity index (χ3n) is 3.69. The van der Waals surface area contributed by atoms with E-state index in [2.05, 4.69) is 36.2 Å². The lowest BCUT2D eigenvalue weighted by Crippen LogP contribution is -2.34. The highest BCUT2D eigenvalue weighted by molar-refractivity contribution is 5.42. The molecule has 1 heterocycles. The third kappa shape index (κ3) is 3.78. The summed E-state index contributed by atoms with van der Waals surface area (Å²) in [5.74, 6) is 5.82. The molecule has 0 bridgehead atoms. The molecule has 1 aliphatic carbocycles. The highest BCUT2D eigenvalue weighted by Gasteiger charge is 2.34. The fraction of sp³-hybridized carbons (Fsp3) is 0.692. The third-order valence-corrected chi connectivity index (χ3v) is 3.69. The van der Waals surface area contributed by atoms with E-state index >= 15 is 0 Å². The van der Waals surface area contributed by atoms with Gasteiger partial charge in [-0.3, -0.25) is 15.5 Å². The Labute approximate surface area is 123 Å². The molecule has 1 aliphatic rings. The molecule has 8 heteroatoms. The van der Waals surface area contributed by atoms with E-state index in [-0.39, 0.29) is 29.0 Å². The van der Waals surface area contributed by atoms with Crippen LogP contribution in [0, 0.1) is 21.4 Å². The summed E-state index contributed by atoms with van der Waals surface area (Å²) in [5, 5.41) is 11.0. The zero-order valence-corrected chi connectivity index (χ0v) is 12.5. The molecule has 0 radical (unpaired) electrons. The minimum atomic E-state index is -0.549. The van der Waals surface area contributed by atoms with Gasteiger partial charge >= 0.3 is 5.69 Å². The molecule has 0 aromatic carbocycles. The van der Waals surface area contributed by atoms with Crippen molar-refractivity contribution >= 4 is 11.6 Å². The SMILES string of the molecule is CC1CC(Oc2nc(NN)ncc2[N+](=O)[O-])CC(C)(C)C1. The number of hydrazine groups is 1. The Hall–Kier alpha value is -1.96. The maximum Gasteiger partial charge on any atom is 0.349 e. The van der Waals surface area contributed by atoms with Crippen molar-refractivity contribution in [2.75, 3.05) is 5.43 Å². The van der Waals surface area contributed by atoms with Gasteiger partial charge in [-0.15, -0.1) is 0 Å². The molecule has 2 unspecified atom stereocenters. The van der Waals surface area contributed by atoms with E-state index in [4.69, 9.17) is 10.6 Å². The van der Waals surface area contributed by atoms with Crippen molar-refractivity contribution in [2.45, 2.75) is 46.1 Å². The summed E-state index contributed by atoms with van der Waals surface area (Å²) in [4.78, 5) is 18.2. The molecule has 21 heavy (non-hydrogen) atoms. The Bertz CT molecular complexity index is 535. The van der Waals surface area contributed by atoms with E-state index < -0.39 is 4.92 Å². The van der Waals surface area contributed by atoms with Crippen LogP contribution in [0.3, 0.4) is 0 Å². The van der Waals surface area contributed by atoms with Gasteiger partial charge in [-0.1, -0.05) is 20.8 Å². The quantitative estimate of drug-likeness (QED) is 0.497.